The number of anilines is 1. The molecule has 2 rings (SSSR count). The Labute approximate surface area is 106 Å². The molecule has 0 saturated carbocycles. The molecule has 0 radical (unpaired) electrons. The number of carboxylic acids is 1. The van der Waals surface area contributed by atoms with E-state index in [4.69, 9.17) is 5.11 Å². The summed E-state index contributed by atoms with van der Waals surface area (Å²) in [6.45, 7) is 1.84. The first kappa shape index (κ1) is 11.8. The van der Waals surface area contributed by atoms with Gasteiger partial charge in [0.25, 0.3) is 5.91 Å². The molecule has 0 fully saturated rings. The predicted molar refractivity (Wildman–Crippen MR) is 68.3 cm³/mol. The molecule has 0 bridgehead atoms. The van der Waals surface area contributed by atoms with Gasteiger partial charge in [-0.3, -0.25) is 4.79 Å². The minimum absolute atomic E-state index is 0.145. The molecule has 0 spiro atoms. The summed E-state index contributed by atoms with van der Waals surface area (Å²) in [5.41, 5.74) is 1.82. The van der Waals surface area contributed by atoms with Crippen LogP contribution in [0.3, 0.4) is 0 Å². The molecule has 0 saturated heterocycles. The largest absolute Gasteiger partial charge is 0.477 e. The summed E-state index contributed by atoms with van der Waals surface area (Å²) in [7, 11) is 0. The summed E-state index contributed by atoms with van der Waals surface area (Å²) >= 11 is 2.53. The summed E-state index contributed by atoms with van der Waals surface area (Å²) < 4.78 is 0. The highest BCUT2D eigenvalue weighted by atomic mass is 32.1. The Morgan fingerprint density at radius 1 is 1.35 bits per heavy atom. The zero-order valence-electron chi connectivity index (χ0n) is 8.89. The molecular formula is C11H9NO3S2. The topological polar surface area (TPSA) is 66.4 Å². The van der Waals surface area contributed by atoms with E-state index in [9.17, 15) is 9.59 Å². The maximum absolute atomic E-state index is 11.9. The monoisotopic (exact) mass is 267 g/mol. The lowest BCUT2D eigenvalue weighted by atomic mass is 10.2. The van der Waals surface area contributed by atoms with Gasteiger partial charge < -0.3 is 10.4 Å². The van der Waals surface area contributed by atoms with Gasteiger partial charge in [0.05, 0.1) is 11.3 Å². The molecule has 0 atom stereocenters. The van der Waals surface area contributed by atoms with Crippen molar-refractivity contribution >= 4 is 40.2 Å². The molecular weight excluding hydrogens is 258 g/mol. The van der Waals surface area contributed by atoms with Crippen LogP contribution < -0.4 is 5.32 Å². The fourth-order valence-electron chi connectivity index (χ4n) is 1.36. The van der Waals surface area contributed by atoms with Crippen molar-refractivity contribution in [3.05, 3.63) is 38.2 Å². The van der Waals surface area contributed by atoms with Gasteiger partial charge in [-0.05, 0) is 29.3 Å². The van der Waals surface area contributed by atoms with Crippen molar-refractivity contribution in [1.82, 2.24) is 0 Å². The van der Waals surface area contributed by atoms with Crippen LogP contribution in [0.25, 0.3) is 0 Å². The van der Waals surface area contributed by atoms with Gasteiger partial charge in [-0.15, -0.1) is 11.3 Å². The molecule has 88 valence electrons. The highest BCUT2D eigenvalue weighted by Gasteiger charge is 2.16. The first-order valence-electron chi connectivity index (χ1n) is 4.74. The SMILES string of the molecule is Cc1cscc1C(=O)Nc1ccsc1C(=O)O. The number of aryl methyl sites for hydroxylation is 1. The number of nitrogens with one attached hydrogen (secondary N) is 1. The smallest absolute Gasteiger partial charge is 0.348 e. The number of rotatable bonds is 3. The molecule has 0 unspecified atom stereocenters. The first-order valence-corrected chi connectivity index (χ1v) is 6.56. The summed E-state index contributed by atoms with van der Waals surface area (Å²) in [5.74, 6) is -1.30. The van der Waals surface area contributed by atoms with Crippen LogP contribution in [-0.2, 0) is 0 Å². The predicted octanol–water partition coefficient (Wildman–Crippen LogP) is 3.07. The highest BCUT2D eigenvalue weighted by molar-refractivity contribution is 7.12. The van der Waals surface area contributed by atoms with E-state index in [0.717, 1.165) is 16.9 Å². The van der Waals surface area contributed by atoms with Crippen LogP contribution in [0.2, 0.25) is 0 Å². The standard InChI is InChI=1S/C11H9NO3S2/c1-6-4-16-5-7(6)10(13)12-8-2-3-17-9(8)11(14)15/h2-5H,1H3,(H,12,13)(H,14,15). The number of amides is 1. The minimum atomic E-state index is -1.03. The molecule has 0 aliphatic carbocycles. The zero-order chi connectivity index (χ0) is 12.4. The molecule has 2 aromatic rings. The Morgan fingerprint density at radius 3 is 2.71 bits per heavy atom. The summed E-state index contributed by atoms with van der Waals surface area (Å²) in [6.07, 6.45) is 0. The van der Waals surface area contributed by atoms with E-state index in [2.05, 4.69) is 5.32 Å². The van der Waals surface area contributed by atoms with Crippen molar-refractivity contribution in [2.45, 2.75) is 6.92 Å². The molecule has 2 heterocycles. The quantitative estimate of drug-likeness (QED) is 0.898. The van der Waals surface area contributed by atoms with Crippen molar-refractivity contribution < 1.29 is 14.7 Å². The number of carboxylic acid groups (broad SMARTS) is 1. The van der Waals surface area contributed by atoms with Gasteiger partial charge in [-0.25, -0.2) is 4.79 Å². The fraction of sp³-hybridized carbons (Fsp3) is 0.0909. The van der Waals surface area contributed by atoms with E-state index < -0.39 is 5.97 Å². The van der Waals surface area contributed by atoms with Crippen LogP contribution >= 0.6 is 22.7 Å². The second kappa shape index (κ2) is 4.68. The van der Waals surface area contributed by atoms with Crippen molar-refractivity contribution in [2.24, 2.45) is 0 Å². The van der Waals surface area contributed by atoms with Crippen LogP contribution in [0, 0.1) is 6.92 Å². The number of aromatic carboxylic acids is 1. The number of carbonyl (C=O) groups excluding carboxylic acids is 1. The number of hydrogen-bond donors (Lipinski definition) is 2. The average Bonchev–Trinajstić information content (AvgIpc) is 2.86. The zero-order valence-corrected chi connectivity index (χ0v) is 10.5. The van der Waals surface area contributed by atoms with Gasteiger partial charge >= 0.3 is 5.97 Å². The lowest BCUT2D eigenvalue weighted by Crippen LogP contribution is -2.13. The van der Waals surface area contributed by atoms with Crippen molar-refractivity contribution in [3.8, 4) is 0 Å². The lowest BCUT2D eigenvalue weighted by molar-refractivity contribution is 0.0703. The third kappa shape index (κ3) is 2.37. The fourth-order valence-corrected chi connectivity index (χ4v) is 2.87. The number of hydrogen-bond acceptors (Lipinski definition) is 4. The number of thiophene rings is 2. The molecule has 0 aromatic carbocycles. The minimum Gasteiger partial charge on any atom is -0.477 e. The molecule has 17 heavy (non-hydrogen) atoms. The Balaban J connectivity index is 2.22. The van der Waals surface area contributed by atoms with Gasteiger partial charge in [-0.1, -0.05) is 0 Å². The van der Waals surface area contributed by atoms with Crippen LogP contribution in [0.5, 0.6) is 0 Å². The van der Waals surface area contributed by atoms with Crippen molar-refractivity contribution in [3.63, 3.8) is 0 Å². The molecule has 4 nitrogen and oxygen atoms in total. The van der Waals surface area contributed by atoms with Gasteiger partial charge in [-0.2, -0.15) is 11.3 Å². The van der Waals surface area contributed by atoms with E-state index in [1.165, 1.54) is 11.3 Å². The van der Waals surface area contributed by atoms with Gasteiger partial charge in [0, 0.05) is 5.38 Å². The molecule has 0 aliphatic rings. The summed E-state index contributed by atoms with van der Waals surface area (Å²) in [4.78, 5) is 22.9. The Bertz CT molecular complexity index is 571. The first-order chi connectivity index (χ1) is 8.09. The van der Waals surface area contributed by atoms with Gasteiger partial charge in [0.1, 0.15) is 4.88 Å². The average molecular weight is 267 g/mol. The second-order valence-electron chi connectivity index (χ2n) is 3.39. The van der Waals surface area contributed by atoms with Gasteiger partial charge in [0.15, 0.2) is 0 Å². The third-order valence-corrected chi connectivity index (χ3v) is 3.97. The normalized spacial score (nSPS) is 10.2. The second-order valence-corrected chi connectivity index (χ2v) is 5.05. The van der Waals surface area contributed by atoms with Crippen molar-refractivity contribution in [1.29, 1.82) is 0 Å². The molecule has 6 heteroatoms. The van der Waals surface area contributed by atoms with Crippen molar-refractivity contribution in [2.75, 3.05) is 5.32 Å². The molecule has 1 amide bonds. The Morgan fingerprint density at radius 2 is 2.12 bits per heavy atom. The molecule has 0 aliphatic heterocycles. The third-order valence-electron chi connectivity index (χ3n) is 2.21. The number of carbonyl (C=O) groups is 2. The van der Waals surface area contributed by atoms with E-state index in [1.807, 2.05) is 12.3 Å². The summed E-state index contributed by atoms with van der Waals surface area (Å²) in [5, 5.41) is 16.8. The maximum Gasteiger partial charge on any atom is 0.348 e. The van der Waals surface area contributed by atoms with E-state index in [1.54, 1.807) is 16.8 Å². The summed E-state index contributed by atoms with van der Waals surface area (Å²) in [6, 6.07) is 1.59. The van der Waals surface area contributed by atoms with Crippen LogP contribution in [0.15, 0.2) is 22.2 Å². The molecule has 2 N–H and O–H groups in total. The van der Waals surface area contributed by atoms with E-state index in [0.29, 0.717) is 11.3 Å². The lowest BCUT2D eigenvalue weighted by Gasteiger charge is -2.03. The Hall–Kier alpha value is -1.66. The highest BCUT2D eigenvalue weighted by Crippen LogP contribution is 2.23. The molecule has 2 aromatic heterocycles. The van der Waals surface area contributed by atoms with Crippen LogP contribution in [-0.4, -0.2) is 17.0 Å². The maximum atomic E-state index is 11.9. The Kier molecular flexibility index (Phi) is 3.26. The van der Waals surface area contributed by atoms with E-state index >= 15 is 0 Å². The van der Waals surface area contributed by atoms with Crippen LogP contribution in [0.1, 0.15) is 25.6 Å². The van der Waals surface area contributed by atoms with Gasteiger partial charge in [0.2, 0.25) is 0 Å². The van der Waals surface area contributed by atoms with E-state index in [-0.39, 0.29) is 10.8 Å². The van der Waals surface area contributed by atoms with Crippen LogP contribution in [0.4, 0.5) is 5.69 Å².